The van der Waals surface area contributed by atoms with Gasteiger partial charge in [0.05, 0.1) is 4.90 Å². The lowest BCUT2D eigenvalue weighted by molar-refractivity contribution is -0.163. The summed E-state index contributed by atoms with van der Waals surface area (Å²) in [4.78, 5) is 22.4. The lowest BCUT2D eigenvalue weighted by atomic mass is 10.2. The second-order valence-corrected chi connectivity index (χ2v) is 5.45. The van der Waals surface area contributed by atoms with Gasteiger partial charge >= 0.3 is 10.1 Å². The van der Waals surface area contributed by atoms with Crippen LogP contribution in [0.1, 0.15) is 18.4 Å². The first kappa shape index (κ1) is 12.7. The highest BCUT2D eigenvalue weighted by atomic mass is 32.2. The van der Waals surface area contributed by atoms with Crippen molar-refractivity contribution in [2.45, 2.75) is 24.7 Å². The van der Waals surface area contributed by atoms with Gasteiger partial charge in [-0.25, -0.2) is 0 Å². The van der Waals surface area contributed by atoms with Gasteiger partial charge in [0.1, 0.15) is 0 Å². The van der Waals surface area contributed by atoms with Crippen molar-refractivity contribution in [1.82, 2.24) is 5.06 Å². The molecule has 2 rings (SSSR count). The summed E-state index contributed by atoms with van der Waals surface area (Å²) in [7, 11) is -4.14. The molecule has 1 saturated heterocycles. The fraction of sp³-hybridized carbons (Fsp3) is 0.273. The lowest BCUT2D eigenvalue weighted by Gasteiger charge is -2.12. The monoisotopic (exact) mass is 269 g/mol. The standard InChI is InChI=1S/C11H11NO5S/c1-8-2-4-9(5-3-8)18(15,16)17-12-10(13)6-7-11(12)14/h2-5H,6-7H2,1H3. The van der Waals surface area contributed by atoms with E-state index in [4.69, 9.17) is 0 Å². The van der Waals surface area contributed by atoms with Crippen LogP contribution in [-0.4, -0.2) is 25.3 Å². The maximum absolute atomic E-state index is 11.8. The van der Waals surface area contributed by atoms with Crippen LogP contribution >= 0.6 is 0 Å². The van der Waals surface area contributed by atoms with Gasteiger partial charge in [-0.1, -0.05) is 17.7 Å². The number of imide groups is 1. The third-order valence-electron chi connectivity index (χ3n) is 2.49. The fourth-order valence-corrected chi connectivity index (χ4v) is 2.40. The number of nitrogens with zero attached hydrogens (tertiary/aromatic N) is 1. The highest BCUT2D eigenvalue weighted by Gasteiger charge is 2.34. The molecule has 7 heteroatoms. The quantitative estimate of drug-likeness (QED) is 0.757. The van der Waals surface area contributed by atoms with E-state index in [1.807, 2.05) is 6.92 Å². The van der Waals surface area contributed by atoms with Gasteiger partial charge in [-0.2, -0.15) is 8.42 Å². The van der Waals surface area contributed by atoms with Crippen LogP contribution in [0.3, 0.4) is 0 Å². The number of amides is 2. The third-order valence-corrected chi connectivity index (χ3v) is 3.68. The molecule has 1 fully saturated rings. The third kappa shape index (κ3) is 2.41. The van der Waals surface area contributed by atoms with Crippen molar-refractivity contribution in [3.63, 3.8) is 0 Å². The van der Waals surface area contributed by atoms with Gasteiger partial charge in [0.25, 0.3) is 11.8 Å². The predicted molar refractivity (Wildman–Crippen MR) is 60.5 cm³/mol. The average Bonchev–Trinajstić information content (AvgIpc) is 2.61. The molecular formula is C11H11NO5S. The summed E-state index contributed by atoms with van der Waals surface area (Å²) in [5.74, 6) is -1.29. The van der Waals surface area contributed by atoms with Crippen LogP contribution in [0.15, 0.2) is 29.2 Å². The molecule has 0 N–H and O–H groups in total. The summed E-state index contributed by atoms with van der Waals surface area (Å²) >= 11 is 0. The summed E-state index contributed by atoms with van der Waals surface area (Å²) in [6, 6.07) is 5.92. The van der Waals surface area contributed by atoms with Crippen molar-refractivity contribution < 1.29 is 22.3 Å². The molecular weight excluding hydrogens is 258 g/mol. The van der Waals surface area contributed by atoms with Gasteiger partial charge in [0.2, 0.25) is 0 Å². The Morgan fingerprint density at radius 3 is 2.06 bits per heavy atom. The first-order valence-electron chi connectivity index (χ1n) is 5.27. The molecule has 1 aromatic carbocycles. The van der Waals surface area contributed by atoms with E-state index < -0.39 is 21.9 Å². The van der Waals surface area contributed by atoms with Crippen LogP contribution in [0.5, 0.6) is 0 Å². The highest BCUT2D eigenvalue weighted by Crippen LogP contribution is 2.19. The van der Waals surface area contributed by atoms with Crippen molar-refractivity contribution in [3.8, 4) is 0 Å². The van der Waals surface area contributed by atoms with Crippen LogP contribution < -0.4 is 0 Å². The van der Waals surface area contributed by atoms with Crippen LogP contribution in [-0.2, 0) is 24.0 Å². The number of carbonyl (C=O) groups is 2. The molecule has 6 nitrogen and oxygen atoms in total. The summed E-state index contributed by atoms with van der Waals surface area (Å²) < 4.78 is 28.2. The molecule has 1 aliphatic heterocycles. The van der Waals surface area contributed by atoms with Crippen LogP contribution in [0.4, 0.5) is 0 Å². The predicted octanol–water partition coefficient (Wildman–Crippen LogP) is 0.764. The van der Waals surface area contributed by atoms with Crippen molar-refractivity contribution >= 4 is 21.9 Å². The number of hydroxylamine groups is 2. The first-order chi connectivity index (χ1) is 8.40. The number of hydrogen-bond donors (Lipinski definition) is 0. The molecule has 96 valence electrons. The van der Waals surface area contributed by atoms with Crippen LogP contribution in [0.25, 0.3) is 0 Å². The molecule has 1 aliphatic rings. The highest BCUT2D eigenvalue weighted by molar-refractivity contribution is 7.86. The van der Waals surface area contributed by atoms with Gasteiger partial charge in [0, 0.05) is 12.8 Å². The minimum absolute atomic E-state index is 0.0255. The number of aryl methyl sites for hydroxylation is 1. The number of hydrogen-bond acceptors (Lipinski definition) is 5. The summed E-state index contributed by atoms with van der Waals surface area (Å²) in [6.45, 7) is 1.81. The van der Waals surface area contributed by atoms with Gasteiger partial charge < -0.3 is 0 Å². The summed E-state index contributed by atoms with van der Waals surface area (Å²) in [6.07, 6.45) is -0.0511. The Morgan fingerprint density at radius 2 is 1.56 bits per heavy atom. The molecule has 1 aromatic rings. The molecule has 2 amide bonds. The molecule has 1 heterocycles. The van der Waals surface area contributed by atoms with Crippen molar-refractivity contribution in [1.29, 1.82) is 0 Å². The Bertz CT molecular complexity index is 574. The summed E-state index contributed by atoms with van der Waals surface area (Å²) in [5.41, 5.74) is 0.891. The molecule has 0 bridgehead atoms. The molecule has 0 atom stereocenters. The van der Waals surface area contributed by atoms with Crippen LogP contribution in [0.2, 0.25) is 0 Å². The Balaban J connectivity index is 2.24. The van der Waals surface area contributed by atoms with E-state index in [2.05, 4.69) is 4.28 Å². The largest absolute Gasteiger partial charge is 0.318 e. The van der Waals surface area contributed by atoms with Gasteiger partial charge in [-0.05, 0) is 19.1 Å². The van der Waals surface area contributed by atoms with Gasteiger partial charge in [-0.15, -0.1) is 9.35 Å². The van der Waals surface area contributed by atoms with Gasteiger partial charge in [0.15, 0.2) is 0 Å². The van der Waals surface area contributed by atoms with Crippen molar-refractivity contribution in [3.05, 3.63) is 29.8 Å². The molecule has 0 unspecified atom stereocenters. The average molecular weight is 269 g/mol. The maximum Gasteiger partial charge on any atom is 0.318 e. The zero-order chi connectivity index (χ0) is 13.3. The minimum atomic E-state index is -4.14. The van der Waals surface area contributed by atoms with Crippen molar-refractivity contribution in [2.75, 3.05) is 0 Å². The molecule has 0 aromatic heterocycles. The SMILES string of the molecule is Cc1ccc(S(=O)(=O)ON2C(=O)CCC2=O)cc1. The minimum Gasteiger partial charge on any atom is -0.272 e. The Hall–Kier alpha value is -1.73. The number of carbonyl (C=O) groups excluding carboxylic acids is 2. The molecule has 18 heavy (non-hydrogen) atoms. The Labute approximate surface area is 104 Å². The molecule has 0 aliphatic carbocycles. The van der Waals surface area contributed by atoms with E-state index in [1.54, 1.807) is 12.1 Å². The smallest absolute Gasteiger partial charge is 0.272 e. The zero-order valence-corrected chi connectivity index (χ0v) is 10.4. The Morgan fingerprint density at radius 1 is 1.06 bits per heavy atom. The molecule has 0 saturated carbocycles. The number of benzene rings is 1. The van der Waals surface area contributed by atoms with E-state index in [-0.39, 0.29) is 17.7 Å². The van der Waals surface area contributed by atoms with E-state index in [9.17, 15) is 18.0 Å². The second-order valence-electron chi connectivity index (χ2n) is 3.92. The topological polar surface area (TPSA) is 80.8 Å². The van der Waals surface area contributed by atoms with E-state index in [0.29, 0.717) is 5.06 Å². The summed E-state index contributed by atoms with van der Waals surface area (Å²) in [5, 5.41) is 0.315. The Kier molecular flexibility index (Phi) is 3.18. The van der Waals surface area contributed by atoms with Gasteiger partial charge in [-0.3, -0.25) is 9.59 Å². The fourth-order valence-electron chi connectivity index (χ4n) is 1.49. The maximum atomic E-state index is 11.8. The lowest BCUT2D eigenvalue weighted by Crippen LogP contribution is -2.32. The van der Waals surface area contributed by atoms with E-state index in [1.165, 1.54) is 12.1 Å². The van der Waals surface area contributed by atoms with Crippen LogP contribution in [0, 0.1) is 6.92 Å². The zero-order valence-electron chi connectivity index (χ0n) is 9.62. The van der Waals surface area contributed by atoms with E-state index in [0.717, 1.165) is 5.56 Å². The first-order valence-corrected chi connectivity index (χ1v) is 6.68. The molecule has 0 spiro atoms. The molecule has 0 radical (unpaired) electrons. The number of rotatable bonds is 3. The normalized spacial score (nSPS) is 16.4. The van der Waals surface area contributed by atoms with Crippen molar-refractivity contribution in [2.24, 2.45) is 0 Å². The second kappa shape index (κ2) is 4.51. The van der Waals surface area contributed by atoms with E-state index >= 15 is 0 Å².